The van der Waals surface area contributed by atoms with Gasteiger partial charge in [0.25, 0.3) is 0 Å². The number of carbonyl (C=O) groups is 2. The zero-order valence-corrected chi connectivity index (χ0v) is 11.2. The second kappa shape index (κ2) is 7.88. The molecule has 2 N–H and O–H groups in total. The number of nitrogens with one attached hydrogen (secondary N) is 1. The van der Waals surface area contributed by atoms with Gasteiger partial charge in [0.05, 0.1) is 6.61 Å². The number of carbonyl (C=O) groups excluding carboxylic acids is 1. The van der Waals surface area contributed by atoms with Crippen molar-refractivity contribution in [3.8, 4) is 0 Å². The summed E-state index contributed by atoms with van der Waals surface area (Å²) in [5, 5.41) is 11.2. The third-order valence-electron chi connectivity index (χ3n) is 1.74. The minimum atomic E-state index is -1.14. The summed E-state index contributed by atoms with van der Waals surface area (Å²) in [6, 6.07) is -1.04. The number of aliphatic carboxylic acids is 1. The highest BCUT2D eigenvalue weighted by Gasteiger charge is 2.23. The maximum absolute atomic E-state index is 11.4. The Balaban J connectivity index is 4.11. The smallest absolute Gasteiger partial charge is 0.408 e. The first-order valence-electron chi connectivity index (χ1n) is 5.55. The molecule has 1 atom stereocenters. The van der Waals surface area contributed by atoms with E-state index >= 15 is 0 Å². The molecular weight excluding hydrogens is 242 g/mol. The van der Waals surface area contributed by atoms with Crippen LogP contribution in [0.4, 0.5) is 4.79 Å². The van der Waals surface area contributed by atoms with Crippen LogP contribution in [0.3, 0.4) is 0 Å². The summed E-state index contributed by atoms with van der Waals surface area (Å²) >= 11 is 0. The molecule has 0 saturated carbocycles. The van der Waals surface area contributed by atoms with Gasteiger partial charge in [0.1, 0.15) is 18.4 Å². The van der Waals surface area contributed by atoms with Gasteiger partial charge in [-0.3, -0.25) is 0 Å². The topological polar surface area (TPSA) is 94.1 Å². The van der Waals surface area contributed by atoms with Gasteiger partial charge in [0.15, 0.2) is 0 Å². The van der Waals surface area contributed by atoms with Gasteiger partial charge in [0, 0.05) is 13.5 Å². The molecule has 0 heterocycles. The van der Waals surface area contributed by atoms with Gasteiger partial charge >= 0.3 is 12.1 Å². The Hall–Kier alpha value is -1.34. The highest BCUT2D eigenvalue weighted by atomic mass is 16.7. The molecule has 106 valence electrons. The first-order chi connectivity index (χ1) is 8.26. The predicted molar refractivity (Wildman–Crippen MR) is 63.2 cm³/mol. The van der Waals surface area contributed by atoms with Crippen LogP contribution >= 0.6 is 0 Å². The van der Waals surface area contributed by atoms with Crippen molar-refractivity contribution in [3.05, 3.63) is 0 Å². The molecule has 7 nitrogen and oxygen atoms in total. The number of rotatable bonds is 7. The lowest BCUT2D eigenvalue weighted by Crippen LogP contribution is -2.44. The first-order valence-corrected chi connectivity index (χ1v) is 5.55. The molecular formula is C11H21NO6. The van der Waals surface area contributed by atoms with Crippen LogP contribution in [0.2, 0.25) is 0 Å². The van der Waals surface area contributed by atoms with Crippen LogP contribution in [0.5, 0.6) is 0 Å². The van der Waals surface area contributed by atoms with Gasteiger partial charge in [-0.2, -0.15) is 0 Å². The summed E-state index contributed by atoms with van der Waals surface area (Å²) in [6.45, 7) is 5.34. The van der Waals surface area contributed by atoms with Crippen LogP contribution in [-0.2, 0) is 19.0 Å². The lowest BCUT2D eigenvalue weighted by atomic mass is 10.2. The van der Waals surface area contributed by atoms with Gasteiger partial charge in [-0.05, 0) is 20.8 Å². The highest BCUT2D eigenvalue weighted by molar-refractivity contribution is 5.79. The number of amides is 1. The summed E-state index contributed by atoms with van der Waals surface area (Å²) in [4.78, 5) is 22.3. The number of hydrogen-bond donors (Lipinski definition) is 2. The fourth-order valence-electron chi connectivity index (χ4n) is 1.05. The zero-order chi connectivity index (χ0) is 14.2. The third-order valence-corrected chi connectivity index (χ3v) is 1.74. The van der Waals surface area contributed by atoms with Gasteiger partial charge in [-0.25, -0.2) is 9.59 Å². The van der Waals surface area contributed by atoms with Crippen LogP contribution in [0, 0.1) is 0 Å². The van der Waals surface area contributed by atoms with Crippen molar-refractivity contribution in [1.82, 2.24) is 5.32 Å². The number of methoxy groups -OCH3 is 1. The molecule has 0 fully saturated rings. The zero-order valence-electron chi connectivity index (χ0n) is 11.2. The van der Waals surface area contributed by atoms with Crippen molar-refractivity contribution >= 4 is 12.1 Å². The van der Waals surface area contributed by atoms with Gasteiger partial charge in [0.2, 0.25) is 0 Å². The molecule has 18 heavy (non-hydrogen) atoms. The maximum atomic E-state index is 11.4. The Morgan fingerprint density at radius 2 is 1.94 bits per heavy atom. The molecule has 0 rings (SSSR count). The highest BCUT2D eigenvalue weighted by Crippen LogP contribution is 2.07. The van der Waals surface area contributed by atoms with Crippen molar-refractivity contribution in [2.75, 3.05) is 20.5 Å². The Bertz CT molecular complexity index is 273. The largest absolute Gasteiger partial charge is 0.480 e. The van der Waals surface area contributed by atoms with E-state index in [0.29, 0.717) is 0 Å². The predicted octanol–water partition coefficient (Wildman–Crippen LogP) is 0.975. The monoisotopic (exact) mass is 263 g/mol. The number of carboxylic acids is 1. The molecule has 0 bridgehead atoms. The molecule has 1 amide bonds. The van der Waals surface area contributed by atoms with Crippen molar-refractivity contribution in [2.45, 2.75) is 38.8 Å². The minimum absolute atomic E-state index is 0.0821. The number of hydrogen-bond acceptors (Lipinski definition) is 5. The number of carboxylic acid groups (broad SMARTS) is 1. The first kappa shape index (κ1) is 16.7. The standard InChI is InChI=1S/C11H21NO6/c1-11(2,3)18-10(15)12-8(9(13)14)5-6-17-7-16-4/h8H,5-7H2,1-4H3,(H,12,15)(H,13,14)/t8-/m0/s1. The average Bonchev–Trinajstić information content (AvgIpc) is 2.19. The van der Waals surface area contributed by atoms with E-state index in [0.717, 1.165) is 0 Å². The van der Waals surface area contributed by atoms with E-state index in [4.69, 9.17) is 14.6 Å². The number of alkyl carbamates (subject to hydrolysis) is 1. The van der Waals surface area contributed by atoms with Crippen molar-refractivity contribution in [3.63, 3.8) is 0 Å². The summed E-state index contributed by atoms with van der Waals surface area (Å²) in [6.07, 6.45) is -0.626. The van der Waals surface area contributed by atoms with Crippen LogP contribution in [0.1, 0.15) is 27.2 Å². The van der Waals surface area contributed by atoms with Crippen molar-refractivity contribution < 1.29 is 28.9 Å². The molecule has 0 aliphatic rings. The van der Waals surface area contributed by atoms with E-state index in [1.165, 1.54) is 7.11 Å². The molecule has 0 unspecified atom stereocenters. The van der Waals surface area contributed by atoms with E-state index in [1.54, 1.807) is 20.8 Å². The van der Waals surface area contributed by atoms with Gasteiger partial charge < -0.3 is 24.6 Å². The molecule has 0 aromatic carbocycles. The second-order valence-corrected chi connectivity index (χ2v) is 4.64. The molecule has 0 aliphatic heterocycles. The Morgan fingerprint density at radius 1 is 1.33 bits per heavy atom. The van der Waals surface area contributed by atoms with Crippen LogP contribution < -0.4 is 5.32 Å². The Kier molecular flexibility index (Phi) is 7.30. The fraction of sp³-hybridized carbons (Fsp3) is 0.818. The van der Waals surface area contributed by atoms with E-state index in [2.05, 4.69) is 10.1 Å². The van der Waals surface area contributed by atoms with Crippen LogP contribution in [0.25, 0.3) is 0 Å². The normalized spacial score (nSPS) is 12.9. The van der Waals surface area contributed by atoms with Gasteiger partial charge in [-0.15, -0.1) is 0 Å². The summed E-state index contributed by atoms with van der Waals surface area (Å²) in [5.41, 5.74) is -0.667. The van der Waals surface area contributed by atoms with Crippen molar-refractivity contribution in [1.29, 1.82) is 0 Å². The minimum Gasteiger partial charge on any atom is -0.480 e. The van der Waals surface area contributed by atoms with Crippen LogP contribution in [-0.4, -0.2) is 49.3 Å². The molecule has 0 aliphatic carbocycles. The Labute approximate surface area is 106 Å². The SMILES string of the molecule is COCOCC[C@H](NC(=O)OC(C)(C)C)C(=O)O. The lowest BCUT2D eigenvalue weighted by molar-refractivity contribution is -0.140. The molecule has 0 spiro atoms. The molecule has 0 radical (unpaired) electrons. The van der Waals surface area contributed by atoms with Gasteiger partial charge in [-0.1, -0.05) is 0 Å². The van der Waals surface area contributed by atoms with E-state index in [1.807, 2.05) is 0 Å². The van der Waals surface area contributed by atoms with Crippen molar-refractivity contribution in [2.24, 2.45) is 0 Å². The molecule has 7 heteroatoms. The summed E-state index contributed by atoms with van der Waals surface area (Å²) in [5.74, 6) is -1.14. The third kappa shape index (κ3) is 8.77. The summed E-state index contributed by atoms with van der Waals surface area (Å²) < 4.78 is 14.6. The van der Waals surface area contributed by atoms with E-state index in [9.17, 15) is 9.59 Å². The molecule has 0 saturated heterocycles. The van der Waals surface area contributed by atoms with E-state index < -0.39 is 23.7 Å². The molecule has 0 aromatic heterocycles. The lowest BCUT2D eigenvalue weighted by Gasteiger charge is -2.21. The molecule has 0 aromatic rings. The van der Waals surface area contributed by atoms with E-state index in [-0.39, 0.29) is 19.8 Å². The fourth-order valence-corrected chi connectivity index (χ4v) is 1.05. The maximum Gasteiger partial charge on any atom is 0.408 e. The van der Waals surface area contributed by atoms with Crippen LogP contribution in [0.15, 0.2) is 0 Å². The Morgan fingerprint density at radius 3 is 2.39 bits per heavy atom. The summed E-state index contributed by atoms with van der Waals surface area (Å²) in [7, 11) is 1.47. The quantitative estimate of drug-likeness (QED) is 0.525. The average molecular weight is 263 g/mol. The second-order valence-electron chi connectivity index (χ2n) is 4.64. The number of ether oxygens (including phenoxy) is 3.